The predicted molar refractivity (Wildman–Crippen MR) is 116 cm³/mol. The molecule has 0 saturated carbocycles. The van der Waals surface area contributed by atoms with E-state index in [0.717, 1.165) is 16.6 Å². The molecular formula is C24H15N3O3. The lowest BCUT2D eigenvalue weighted by Gasteiger charge is -2.11. The molecule has 0 spiro atoms. The minimum atomic E-state index is -0.147. The maximum atomic E-state index is 13.4. The van der Waals surface area contributed by atoms with Crippen LogP contribution in [0.4, 0.5) is 0 Å². The van der Waals surface area contributed by atoms with Gasteiger partial charge in [0.1, 0.15) is 16.7 Å². The Hall–Kier alpha value is -4.19. The number of rotatable bonds is 2. The van der Waals surface area contributed by atoms with Gasteiger partial charge in [-0.15, -0.1) is 0 Å². The van der Waals surface area contributed by atoms with Gasteiger partial charge in [-0.05, 0) is 36.4 Å². The van der Waals surface area contributed by atoms with E-state index < -0.39 is 0 Å². The van der Waals surface area contributed by atoms with E-state index in [1.54, 1.807) is 19.2 Å². The van der Waals surface area contributed by atoms with Gasteiger partial charge in [-0.3, -0.25) is 9.20 Å². The number of nitrogens with zero attached hydrogens (tertiary/aromatic N) is 3. The van der Waals surface area contributed by atoms with Crippen LogP contribution < -0.4 is 10.2 Å². The molecule has 3 heterocycles. The van der Waals surface area contributed by atoms with E-state index in [1.807, 2.05) is 65.1 Å². The van der Waals surface area contributed by atoms with Gasteiger partial charge < -0.3 is 9.15 Å². The Morgan fingerprint density at radius 3 is 2.57 bits per heavy atom. The van der Waals surface area contributed by atoms with Crippen LogP contribution in [0.5, 0.6) is 5.75 Å². The lowest BCUT2D eigenvalue weighted by atomic mass is 10.1. The Balaban J connectivity index is 1.90. The van der Waals surface area contributed by atoms with Crippen molar-refractivity contribution < 1.29 is 9.15 Å². The van der Waals surface area contributed by atoms with Gasteiger partial charge in [-0.2, -0.15) is 4.98 Å². The van der Waals surface area contributed by atoms with Gasteiger partial charge in [-0.1, -0.05) is 36.4 Å². The summed E-state index contributed by atoms with van der Waals surface area (Å²) >= 11 is 0. The highest BCUT2D eigenvalue weighted by Gasteiger charge is 2.21. The van der Waals surface area contributed by atoms with Crippen LogP contribution in [-0.4, -0.2) is 21.5 Å². The third-order valence-corrected chi connectivity index (χ3v) is 5.33. The lowest BCUT2D eigenvalue weighted by Crippen LogP contribution is -2.08. The highest BCUT2D eigenvalue weighted by atomic mass is 16.5. The van der Waals surface area contributed by atoms with Crippen LogP contribution in [0.25, 0.3) is 50.1 Å². The fraction of sp³-hybridized carbons (Fsp3) is 0.0417. The van der Waals surface area contributed by atoms with Crippen LogP contribution in [0.2, 0.25) is 0 Å². The molecule has 0 atom stereocenters. The molecule has 0 unspecified atom stereocenters. The highest BCUT2D eigenvalue weighted by Crippen LogP contribution is 2.33. The zero-order chi connectivity index (χ0) is 20.2. The molecule has 0 fully saturated rings. The second-order valence-corrected chi connectivity index (χ2v) is 7.00. The summed E-state index contributed by atoms with van der Waals surface area (Å²) in [5.41, 5.74) is 3.53. The second-order valence-electron chi connectivity index (χ2n) is 7.00. The summed E-state index contributed by atoms with van der Waals surface area (Å²) in [6.45, 7) is 0. The molecule has 0 bridgehead atoms. The summed E-state index contributed by atoms with van der Waals surface area (Å²) in [4.78, 5) is 22.9. The molecule has 0 aliphatic heterocycles. The fourth-order valence-electron chi connectivity index (χ4n) is 3.97. The number of hydrogen-bond acceptors (Lipinski definition) is 5. The van der Waals surface area contributed by atoms with Crippen LogP contribution in [0, 0.1) is 0 Å². The van der Waals surface area contributed by atoms with E-state index in [2.05, 4.69) is 0 Å². The molecule has 0 N–H and O–H groups in total. The first-order valence-electron chi connectivity index (χ1n) is 9.52. The zero-order valence-electron chi connectivity index (χ0n) is 16.0. The van der Waals surface area contributed by atoms with Crippen molar-refractivity contribution in [1.29, 1.82) is 0 Å². The molecule has 0 amide bonds. The molecule has 6 nitrogen and oxygen atoms in total. The summed E-state index contributed by atoms with van der Waals surface area (Å²) < 4.78 is 13.5. The molecule has 6 heteroatoms. The first-order chi connectivity index (χ1) is 14.8. The number of ether oxygens (including phenoxy) is 1. The summed E-state index contributed by atoms with van der Waals surface area (Å²) in [5.74, 6) is 1.27. The summed E-state index contributed by atoms with van der Waals surface area (Å²) in [6, 6.07) is 22.6. The first kappa shape index (κ1) is 16.7. The van der Waals surface area contributed by atoms with Crippen LogP contribution >= 0.6 is 0 Å². The Kier molecular flexibility index (Phi) is 3.43. The van der Waals surface area contributed by atoms with Crippen molar-refractivity contribution in [3.05, 3.63) is 83.0 Å². The van der Waals surface area contributed by atoms with E-state index in [-0.39, 0.29) is 11.1 Å². The van der Waals surface area contributed by atoms with E-state index in [0.29, 0.717) is 33.6 Å². The number of fused-ring (bicyclic) bond motifs is 6. The number of para-hydroxylation sites is 4. The van der Waals surface area contributed by atoms with Crippen molar-refractivity contribution in [2.24, 2.45) is 0 Å². The average molecular weight is 393 g/mol. The van der Waals surface area contributed by atoms with Gasteiger partial charge in [0.15, 0.2) is 11.5 Å². The molecule has 144 valence electrons. The zero-order valence-corrected chi connectivity index (χ0v) is 16.0. The lowest BCUT2D eigenvalue weighted by molar-refractivity contribution is 0.416. The molecule has 30 heavy (non-hydrogen) atoms. The third-order valence-electron chi connectivity index (χ3n) is 5.33. The number of imidazole rings is 1. The minimum Gasteiger partial charge on any atom is -0.496 e. The molecule has 0 radical (unpaired) electrons. The number of benzene rings is 3. The number of hydrogen-bond donors (Lipinski definition) is 0. The quantitative estimate of drug-likeness (QED) is 0.395. The van der Waals surface area contributed by atoms with Crippen LogP contribution in [0.1, 0.15) is 0 Å². The molecule has 6 aromatic rings. The van der Waals surface area contributed by atoms with Gasteiger partial charge in [0.25, 0.3) is 0 Å². The second kappa shape index (κ2) is 6.15. The number of methoxy groups -OCH3 is 1. The van der Waals surface area contributed by atoms with Crippen molar-refractivity contribution in [2.45, 2.75) is 0 Å². The monoisotopic (exact) mass is 393 g/mol. The Labute approximate surface area is 170 Å². The average Bonchev–Trinajstić information content (AvgIpc) is 3.18. The molecule has 6 rings (SSSR count). The van der Waals surface area contributed by atoms with Crippen LogP contribution in [-0.2, 0) is 0 Å². The summed E-state index contributed by atoms with van der Waals surface area (Å²) in [7, 11) is 1.62. The molecule has 0 aliphatic carbocycles. The highest BCUT2D eigenvalue weighted by molar-refractivity contribution is 6.00. The largest absolute Gasteiger partial charge is 0.496 e. The Bertz CT molecular complexity index is 1660. The first-order valence-corrected chi connectivity index (χ1v) is 9.52. The van der Waals surface area contributed by atoms with Gasteiger partial charge in [0.05, 0.1) is 29.1 Å². The van der Waals surface area contributed by atoms with Gasteiger partial charge in [-0.25, -0.2) is 4.98 Å². The van der Waals surface area contributed by atoms with Crippen molar-refractivity contribution in [1.82, 2.24) is 14.4 Å². The van der Waals surface area contributed by atoms with Crippen molar-refractivity contribution in [2.75, 3.05) is 7.11 Å². The normalized spacial score (nSPS) is 11.6. The molecule has 0 aliphatic rings. The maximum absolute atomic E-state index is 13.4. The molecular weight excluding hydrogens is 378 g/mol. The van der Waals surface area contributed by atoms with Crippen LogP contribution in [0.15, 0.2) is 82.0 Å². The standard InChI is InChI=1S/C24H15N3O3/c1-29-18-12-6-3-9-15(18)22-26-24-20(21(28)14-8-2-7-13-19(14)30-24)23-25-16-10-4-5-11-17(16)27(22)23/h2-13H,1H3. The van der Waals surface area contributed by atoms with Gasteiger partial charge in [0.2, 0.25) is 11.1 Å². The molecule has 0 saturated heterocycles. The van der Waals surface area contributed by atoms with Crippen molar-refractivity contribution in [3.63, 3.8) is 0 Å². The van der Waals surface area contributed by atoms with Gasteiger partial charge >= 0.3 is 0 Å². The van der Waals surface area contributed by atoms with E-state index in [4.69, 9.17) is 19.1 Å². The maximum Gasteiger partial charge on any atom is 0.236 e. The smallest absolute Gasteiger partial charge is 0.236 e. The van der Waals surface area contributed by atoms with E-state index >= 15 is 0 Å². The van der Waals surface area contributed by atoms with Crippen molar-refractivity contribution >= 4 is 38.7 Å². The molecule has 3 aromatic heterocycles. The Morgan fingerprint density at radius 1 is 0.900 bits per heavy atom. The van der Waals surface area contributed by atoms with Gasteiger partial charge in [0, 0.05) is 0 Å². The Morgan fingerprint density at radius 2 is 1.67 bits per heavy atom. The number of aromatic nitrogens is 3. The summed E-state index contributed by atoms with van der Waals surface area (Å²) in [6.07, 6.45) is 0. The van der Waals surface area contributed by atoms with Crippen LogP contribution in [0.3, 0.4) is 0 Å². The van der Waals surface area contributed by atoms with E-state index in [9.17, 15) is 4.79 Å². The SMILES string of the molecule is COc1ccccc1-c1nc2oc3ccccc3c(=O)c2c2nc3ccccc3n12. The predicted octanol–water partition coefficient (Wildman–Crippen LogP) is 4.82. The fourth-order valence-corrected chi connectivity index (χ4v) is 3.97. The molecule has 3 aromatic carbocycles. The third kappa shape index (κ3) is 2.21. The summed E-state index contributed by atoms with van der Waals surface area (Å²) in [5, 5.41) is 0.870. The topological polar surface area (TPSA) is 69.6 Å². The van der Waals surface area contributed by atoms with E-state index in [1.165, 1.54) is 0 Å². The minimum absolute atomic E-state index is 0.147. The van der Waals surface area contributed by atoms with Crippen molar-refractivity contribution in [3.8, 4) is 17.1 Å².